The minimum atomic E-state index is -0.992. The maximum Gasteiger partial charge on any atom is 0.335 e. The zero-order chi connectivity index (χ0) is 28.5. The molecule has 4 rings (SSSR count). The number of aryl methyl sites for hydroxylation is 1. The summed E-state index contributed by atoms with van der Waals surface area (Å²) in [7, 11) is 0. The third-order valence-corrected chi connectivity index (χ3v) is 6.69. The number of anilines is 3. The third-order valence-electron chi connectivity index (χ3n) is 6.69. The summed E-state index contributed by atoms with van der Waals surface area (Å²) in [4.78, 5) is 25.2. The molecule has 0 bridgehead atoms. The normalized spacial score (nSPS) is 13.2. The molecule has 0 saturated carbocycles. The van der Waals surface area contributed by atoms with E-state index in [9.17, 15) is 19.8 Å². The topological polar surface area (TPSA) is 102 Å². The molecule has 0 fully saturated rings. The van der Waals surface area contributed by atoms with Gasteiger partial charge in [0.05, 0.1) is 22.7 Å². The van der Waals surface area contributed by atoms with Gasteiger partial charge in [-0.3, -0.25) is 15.1 Å². The summed E-state index contributed by atoms with van der Waals surface area (Å²) in [5.74, 6) is -0.986. The number of aromatic hydroxyl groups is 1. The van der Waals surface area contributed by atoms with Crippen molar-refractivity contribution in [3.63, 3.8) is 0 Å². The van der Waals surface area contributed by atoms with E-state index in [2.05, 4.69) is 17.5 Å². The van der Waals surface area contributed by atoms with E-state index in [1.54, 1.807) is 35.3 Å². The van der Waals surface area contributed by atoms with Crippen molar-refractivity contribution in [2.45, 2.75) is 39.5 Å². The van der Waals surface area contributed by atoms with Crippen LogP contribution in [0.15, 0.2) is 102 Å². The minimum Gasteiger partial charge on any atom is -0.505 e. The molecule has 1 aliphatic carbocycles. The fraction of sp³-hybridized carbons (Fsp3) is 0.182. The molecule has 7 heteroatoms. The Hall–Kier alpha value is -4.91. The van der Waals surface area contributed by atoms with Gasteiger partial charge in [0.15, 0.2) is 0 Å². The first-order valence-corrected chi connectivity index (χ1v) is 13.4. The van der Waals surface area contributed by atoms with Gasteiger partial charge in [-0.15, -0.1) is 0 Å². The van der Waals surface area contributed by atoms with Gasteiger partial charge >= 0.3 is 5.97 Å². The van der Waals surface area contributed by atoms with Gasteiger partial charge in [-0.05, 0) is 60.7 Å². The van der Waals surface area contributed by atoms with Crippen LogP contribution in [0.5, 0.6) is 5.75 Å². The zero-order valence-corrected chi connectivity index (χ0v) is 22.7. The van der Waals surface area contributed by atoms with Gasteiger partial charge in [-0.1, -0.05) is 81.0 Å². The van der Waals surface area contributed by atoms with Crippen molar-refractivity contribution >= 4 is 40.7 Å². The zero-order valence-electron chi connectivity index (χ0n) is 22.7. The molecule has 3 aromatic carbocycles. The van der Waals surface area contributed by atoms with Crippen LogP contribution in [-0.4, -0.2) is 28.3 Å². The number of carboxylic acids is 1. The largest absolute Gasteiger partial charge is 0.505 e. The van der Waals surface area contributed by atoms with Gasteiger partial charge in [0, 0.05) is 16.8 Å². The lowest BCUT2D eigenvalue weighted by molar-refractivity contribution is -0.132. The molecule has 3 aromatic rings. The molecule has 0 spiro atoms. The number of rotatable bonds is 11. The minimum absolute atomic E-state index is 0.00588. The van der Waals surface area contributed by atoms with Gasteiger partial charge in [0.2, 0.25) is 6.41 Å². The van der Waals surface area contributed by atoms with E-state index < -0.39 is 5.97 Å². The number of hydrazone groups is 1. The highest BCUT2D eigenvalue weighted by Gasteiger charge is 2.17. The standard InChI is InChI=1S/C33H33N3O4/c1-3-9-23-16-20-26(21-17-23)36(22-37)31-15-6-5-12-28(31)29(4-2)34-35-30-14-8-13-27(32(30)38)24-10-7-11-25(19-18-24)33(39)40/h5-6,8,10-22,35,38H,3-4,7,9H2,1-2H3,(H,39,40)/b34-29+. The van der Waals surface area contributed by atoms with Crippen LogP contribution in [-0.2, 0) is 16.0 Å². The number of benzene rings is 3. The van der Waals surface area contributed by atoms with Crippen LogP contribution in [0.1, 0.15) is 49.8 Å². The third kappa shape index (κ3) is 6.38. The van der Waals surface area contributed by atoms with Crippen molar-refractivity contribution in [3.8, 4) is 5.75 Å². The average Bonchev–Trinajstić information content (AvgIpc) is 3.23. The lowest BCUT2D eigenvalue weighted by Gasteiger charge is -2.22. The fourth-order valence-corrected chi connectivity index (χ4v) is 4.61. The Bertz CT molecular complexity index is 1500. The SMILES string of the molecule is CCCc1ccc(N(C=O)c2ccccc2/C(CC)=N/Nc2cccc(C3=CCC=C(C(=O)O)C=C3)c2O)cc1. The van der Waals surface area contributed by atoms with Crippen LogP contribution in [0, 0.1) is 0 Å². The van der Waals surface area contributed by atoms with Crippen LogP contribution in [0.4, 0.5) is 17.1 Å². The van der Waals surface area contributed by atoms with Crippen LogP contribution < -0.4 is 10.3 Å². The van der Waals surface area contributed by atoms with E-state index in [0.717, 1.165) is 30.5 Å². The Morgan fingerprint density at radius 3 is 2.48 bits per heavy atom. The quantitative estimate of drug-likeness (QED) is 0.104. The van der Waals surface area contributed by atoms with Gasteiger partial charge < -0.3 is 10.2 Å². The molecule has 0 saturated heterocycles. The molecular formula is C33H33N3O4. The van der Waals surface area contributed by atoms with Gasteiger partial charge in [-0.25, -0.2) is 4.79 Å². The number of nitrogens with zero attached hydrogens (tertiary/aromatic N) is 2. The Morgan fingerprint density at radius 1 is 1.00 bits per heavy atom. The molecule has 0 aliphatic heterocycles. The number of carbonyl (C=O) groups excluding carboxylic acids is 1. The molecule has 0 aromatic heterocycles. The molecule has 3 N–H and O–H groups in total. The highest BCUT2D eigenvalue weighted by Crippen LogP contribution is 2.35. The number of aliphatic carboxylic acids is 1. The second kappa shape index (κ2) is 13.2. The van der Waals surface area contributed by atoms with E-state index in [1.807, 2.05) is 61.5 Å². The summed E-state index contributed by atoms with van der Waals surface area (Å²) >= 11 is 0. The molecule has 7 nitrogen and oxygen atoms in total. The van der Waals surface area contributed by atoms with Crippen molar-refractivity contribution in [2.75, 3.05) is 10.3 Å². The number of carbonyl (C=O) groups is 2. The smallest absolute Gasteiger partial charge is 0.335 e. The van der Waals surface area contributed by atoms with Crippen LogP contribution >= 0.6 is 0 Å². The number of nitrogens with one attached hydrogen (secondary N) is 1. The number of phenolic OH excluding ortho intramolecular Hbond substituents is 1. The maximum atomic E-state index is 12.3. The number of allylic oxidation sites excluding steroid dienone is 4. The lowest BCUT2D eigenvalue weighted by Crippen LogP contribution is -2.18. The summed E-state index contributed by atoms with van der Waals surface area (Å²) in [5.41, 5.74) is 9.08. The van der Waals surface area contributed by atoms with E-state index in [-0.39, 0.29) is 11.3 Å². The van der Waals surface area contributed by atoms with Crippen molar-refractivity contribution in [3.05, 3.63) is 113 Å². The first-order valence-electron chi connectivity index (χ1n) is 13.4. The Labute approximate surface area is 234 Å². The van der Waals surface area contributed by atoms with E-state index in [4.69, 9.17) is 0 Å². The first-order chi connectivity index (χ1) is 19.5. The predicted octanol–water partition coefficient (Wildman–Crippen LogP) is 7.22. The first kappa shape index (κ1) is 28.1. The summed E-state index contributed by atoms with van der Waals surface area (Å²) < 4.78 is 0. The number of para-hydroxylation sites is 2. The molecule has 40 heavy (non-hydrogen) atoms. The average molecular weight is 536 g/mol. The Balaban J connectivity index is 1.63. The molecule has 0 atom stereocenters. The van der Waals surface area contributed by atoms with Crippen LogP contribution in [0.2, 0.25) is 0 Å². The highest BCUT2D eigenvalue weighted by molar-refractivity contribution is 6.08. The highest BCUT2D eigenvalue weighted by atomic mass is 16.4. The van der Waals surface area contributed by atoms with E-state index in [1.165, 1.54) is 11.6 Å². The summed E-state index contributed by atoms with van der Waals surface area (Å²) in [6.07, 6.45) is 10.6. The molecule has 204 valence electrons. The van der Waals surface area contributed by atoms with Gasteiger partial charge in [0.25, 0.3) is 0 Å². The van der Waals surface area contributed by atoms with Crippen molar-refractivity contribution < 1.29 is 19.8 Å². The second-order valence-corrected chi connectivity index (χ2v) is 9.33. The van der Waals surface area contributed by atoms with E-state index >= 15 is 0 Å². The number of carboxylic acid groups (broad SMARTS) is 1. The van der Waals surface area contributed by atoms with Gasteiger partial charge in [-0.2, -0.15) is 5.10 Å². The Kier molecular flexibility index (Phi) is 9.31. The number of hydrogen-bond donors (Lipinski definition) is 3. The van der Waals surface area contributed by atoms with Crippen molar-refractivity contribution in [2.24, 2.45) is 5.10 Å². The molecule has 1 amide bonds. The molecule has 0 unspecified atom stereocenters. The fourth-order valence-electron chi connectivity index (χ4n) is 4.61. The Morgan fingerprint density at radius 2 is 1.77 bits per heavy atom. The molecule has 0 heterocycles. The molecular weight excluding hydrogens is 502 g/mol. The van der Waals surface area contributed by atoms with Crippen LogP contribution in [0.25, 0.3) is 5.57 Å². The summed E-state index contributed by atoms with van der Waals surface area (Å²) in [6.45, 7) is 4.12. The van der Waals surface area contributed by atoms with E-state index in [0.29, 0.717) is 41.1 Å². The molecule has 0 radical (unpaired) electrons. The maximum absolute atomic E-state index is 12.3. The van der Waals surface area contributed by atoms with Crippen molar-refractivity contribution in [1.29, 1.82) is 0 Å². The summed E-state index contributed by atoms with van der Waals surface area (Å²) in [6, 6.07) is 20.9. The monoisotopic (exact) mass is 535 g/mol. The molecule has 1 aliphatic rings. The second-order valence-electron chi connectivity index (χ2n) is 9.33. The predicted molar refractivity (Wildman–Crippen MR) is 161 cm³/mol. The van der Waals surface area contributed by atoms with Gasteiger partial charge in [0.1, 0.15) is 5.75 Å². The number of hydrogen-bond acceptors (Lipinski definition) is 5. The number of amides is 1. The number of phenols is 1. The van der Waals surface area contributed by atoms with Crippen LogP contribution in [0.3, 0.4) is 0 Å². The lowest BCUT2D eigenvalue weighted by atomic mass is 10.0. The summed E-state index contributed by atoms with van der Waals surface area (Å²) in [5, 5.41) is 25.0. The van der Waals surface area contributed by atoms with Crippen molar-refractivity contribution in [1.82, 2.24) is 0 Å².